The normalized spacial score (nSPS) is 11.4. The first-order chi connectivity index (χ1) is 12.4. The molecule has 0 saturated heterocycles. The molecule has 0 radical (unpaired) electrons. The van der Waals surface area contributed by atoms with E-state index in [4.69, 9.17) is 0 Å². The highest BCUT2D eigenvalue weighted by molar-refractivity contribution is 5.17. The van der Waals surface area contributed by atoms with Crippen LogP contribution in [0.15, 0.2) is 72.8 Å². The van der Waals surface area contributed by atoms with E-state index in [1.54, 1.807) is 0 Å². The molecule has 0 N–H and O–H groups in total. The van der Waals surface area contributed by atoms with Crippen molar-refractivity contribution in [3.63, 3.8) is 0 Å². The second-order valence-electron chi connectivity index (χ2n) is 6.79. The van der Waals surface area contributed by atoms with Gasteiger partial charge in [0, 0.05) is 19.6 Å². The largest absolute Gasteiger partial charge is 0.295 e. The smallest absolute Gasteiger partial charge is 0.0237 e. The summed E-state index contributed by atoms with van der Waals surface area (Å²) in [7, 11) is 0. The second kappa shape index (κ2) is 12.5. The first kappa shape index (κ1) is 19.5. The lowest BCUT2D eigenvalue weighted by molar-refractivity contribution is 0.262. The maximum atomic E-state index is 2.55. The maximum absolute atomic E-state index is 2.55. The fourth-order valence-electron chi connectivity index (χ4n) is 3.08. The highest BCUT2D eigenvalue weighted by Crippen LogP contribution is 2.11. The van der Waals surface area contributed by atoms with Crippen molar-refractivity contribution < 1.29 is 0 Å². The summed E-state index contributed by atoms with van der Waals surface area (Å²) >= 11 is 0. The number of hydrogen-bond acceptors (Lipinski definition) is 1. The van der Waals surface area contributed by atoms with E-state index in [-0.39, 0.29) is 0 Å². The highest BCUT2D eigenvalue weighted by atomic mass is 15.1. The van der Waals surface area contributed by atoms with Gasteiger partial charge in [0.05, 0.1) is 0 Å². The van der Waals surface area contributed by atoms with Crippen molar-refractivity contribution in [3.8, 4) is 0 Å². The molecule has 25 heavy (non-hydrogen) atoms. The van der Waals surface area contributed by atoms with Crippen molar-refractivity contribution in [1.29, 1.82) is 0 Å². The number of hydrogen-bond donors (Lipinski definition) is 0. The van der Waals surface area contributed by atoms with E-state index in [1.807, 2.05) is 0 Å². The number of benzene rings is 2. The van der Waals surface area contributed by atoms with Crippen LogP contribution in [0, 0.1) is 0 Å². The van der Waals surface area contributed by atoms with Crippen LogP contribution in [0.5, 0.6) is 0 Å². The van der Waals surface area contributed by atoms with Crippen LogP contribution in [0.25, 0.3) is 0 Å². The zero-order valence-corrected chi connectivity index (χ0v) is 15.7. The molecule has 0 unspecified atom stereocenters. The van der Waals surface area contributed by atoms with Crippen LogP contribution in [-0.2, 0) is 13.1 Å². The van der Waals surface area contributed by atoms with Gasteiger partial charge in [-0.2, -0.15) is 0 Å². The Morgan fingerprint density at radius 2 is 1.24 bits per heavy atom. The van der Waals surface area contributed by atoms with E-state index in [9.17, 15) is 0 Å². The molecule has 0 heterocycles. The molecule has 0 aliphatic carbocycles. The number of rotatable bonds is 12. The topological polar surface area (TPSA) is 3.24 Å². The Balaban J connectivity index is 1.81. The Hall–Kier alpha value is -1.86. The number of unbranched alkanes of at least 4 members (excludes halogenated alkanes) is 4. The summed E-state index contributed by atoms with van der Waals surface area (Å²) in [6, 6.07) is 21.6. The molecule has 1 heteroatoms. The van der Waals surface area contributed by atoms with Gasteiger partial charge in [0.2, 0.25) is 0 Å². The first-order valence-electron chi connectivity index (χ1n) is 9.83. The van der Waals surface area contributed by atoms with Crippen LogP contribution in [-0.4, -0.2) is 11.4 Å². The second-order valence-corrected chi connectivity index (χ2v) is 6.79. The van der Waals surface area contributed by atoms with Crippen LogP contribution in [0.1, 0.15) is 56.6 Å². The lowest BCUT2D eigenvalue weighted by Gasteiger charge is -2.22. The van der Waals surface area contributed by atoms with Gasteiger partial charge in [-0.15, -0.1) is 0 Å². The Labute approximate surface area is 154 Å². The molecule has 2 aromatic carbocycles. The lowest BCUT2D eigenvalue weighted by atomic mass is 10.1. The molecular weight excluding hydrogens is 302 g/mol. The summed E-state index contributed by atoms with van der Waals surface area (Å²) < 4.78 is 0. The van der Waals surface area contributed by atoms with Crippen LogP contribution < -0.4 is 0 Å². The summed E-state index contributed by atoms with van der Waals surface area (Å²) in [6.07, 6.45) is 12.5. The van der Waals surface area contributed by atoms with Crippen molar-refractivity contribution >= 4 is 0 Å². The van der Waals surface area contributed by atoms with Gasteiger partial charge in [-0.05, 0) is 30.4 Å². The molecule has 2 rings (SSSR count). The van der Waals surface area contributed by atoms with Gasteiger partial charge in [0.1, 0.15) is 0 Å². The van der Waals surface area contributed by atoms with Crippen molar-refractivity contribution in [2.24, 2.45) is 0 Å². The van der Waals surface area contributed by atoms with Gasteiger partial charge >= 0.3 is 0 Å². The van der Waals surface area contributed by atoms with Crippen molar-refractivity contribution in [2.45, 2.75) is 58.5 Å². The van der Waals surface area contributed by atoms with E-state index >= 15 is 0 Å². The SMILES string of the molecule is CCCCCC/C=C/CCN(Cc1ccccc1)Cc1ccccc1. The van der Waals surface area contributed by atoms with Crippen molar-refractivity contribution in [1.82, 2.24) is 4.90 Å². The van der Waals surface area contributed by atoms with Crippen LogP contribution >= 0.6 is 0 Å². The molecule has 0 aliphatic rings. The van der Waals surface area contributed by atoms with E-state index in [1.165, 1.54) is 43.2 Å². The quantitative estimate of drug-likeness (QED) is 0.312. The average molecular weight is 336 g/mol. The van der Waals surface area contributed by atoms with Crippen molar-refractivity contribution in [3.05, 3.63) is 83.9 Å². The molecular formula is C24H33N. The van der Waals surface area contributed by atoms with E-state index < -0.39 is 0 Å². The molecule has 134 valence electrons. The Morgan fingerprint density at radius 3 is 1.80 bits per heavy atom. The molecule has 0 aliphatic heterocycles. The highest BCUT2D eigenvalue weighted by Gasteiger charge is 2.06. The van der Waals surface area contributed by atoms with Gasteiger partial charge in [-0.3, -0.25) is 4.90 Å². The predicted molar refractivity (Wildman–Crippen MR) is 110 cm³/mol. The summed E-state index contributed by atoms with van der Waals surface area (Å²) in [5.41, 5.74) is 2.78. The van der Waals surface area contributed by atoms with Gasteiger partial charge in [0.25, 0.3) is 0 Å². The monoisotopic (exact) mass is 335 g/mol. The standard InChI is InChI=1S/C24H33N/c1-2-3-4-5-6-7-8-15-20-25(21-23-16-11-9-12-17-23)22-24-18-13-10-14-19-24/h7-14,16-19H,2-6,15,20-22H2,1H3/b8-7+. The van der Waals surface area contributed by atoms with E-state index in [0.717, 1.165) is 26.1 Å². The summed E-state index contributed by atoms with van der Waals surface area (Å²) in [6.45, 7) is 5.40. The Kier molecular flexibility index (Phi) is 9.73. The molecule has 0 spiro atoms. The molecule has 0 fully saturated rings. The maximum Gasteiger partial charge on any atom is 0.0237 e. The third-order valence-electron chi connectivity index (χ3n) is 4.50. The molecule has 1 nitrogen and oxygen atoms in total. The van der Waals surface area contributed by atoms with Crippen molar-refractivity contribution in [2.75, 3.05) is 6.54 Å². The number of nitrogens with zero attached hydrogens (tertiary/aromatic N) is 1. The Morgan fingerprint density at radius 1 is 0.680 bits per heavy atom. The predicted octanol–water partition coefficient (Wildman–Crippen LogP) is 6.61. The molecule has 0 saturated carbocycles. The molecule has 0 atom stereocenters. The molecule has 0 aromatic heterocycles. The number of allylic oxidation sites excluding steroid dienone is 1. The van der Waals surface area contributed by atoms with Gasteiger partial charge in [-0.1, -0.05) is 99.0 Å². The molecule has 0 amide bonds. The minimum Gasteiger partial charge on any atom is -0.295 e. The first-order valence-corrected chi connectivity index (χ1v) is 9.83. The van der Waals surface area contributed by atoms with Gasteiger partial charge in [0.15, 0.2) is 0 Å². The third kappa shape index (κ3) is 8.69. The third-order valence-corrected chi connectivity index (χ3v) is 4.50. The zero-order chi connectivity index (χ0) is 17.6. The fraction of sp³-hybridized carbons (Fsp3) is 0.417. The van der Waals surface area contributed by atoms with Gasteiger partial charge < -0.3 is 0 Å². The fourth-order valence-corrected chi connectivity index (χ4v) is 3.08. The van der Waals surface area contributed by atoms with E-state index in [0.29, 0.717) is 0 Å². The zero-order valence-electron chi connectivity index (χ0n) is 15.7. The van der Waals surface area contributed by atoms with E-state index in [2.05, 4.69) is 84.6 Å². The van der Waals surface area contributed by atoms with Crippen LogP contribution in [0.3, 0.4) is 0 Å². The lowest BCUT2D eigenvalue weighted by Crippen LogP contribution is -2.23. The summed E-state index contributed by atoms with van der Waals surface area (Å²) in [4.78, 5) is 2.55. The average Bonchev–Trinajstić information content (AvgIpc) is 2.65. The summed E-state index contributed by atoms with van der Waals surface area (Å²) in [5.74, 6) is 0. The van der Waals surface area contributed by atoms with Crippen LogP contribution in [0.2, 0.25) is 0 Å². The minimum absolute atomic E-state index is 1.01. The molecule has 0 bridgehead atoms. The molecule has 2 aromatic rings. The minimum atomic E-state index is 1.01. The van der Waals surface area contributed by atoms with Crippen LogP contribution in [0.4, 0.5) is 0 Å². The van der Waals surface area contributed by atoms with Gasteiger partial charge in [-0.25, -0.2) is 0 Å². The summed E-state index contributed by atoms with van der Waals surface area (Å²) in [5, 5.41) is 0. The Bertz CT molecular complexity index is 532.